The van der Waals surface area contributed by atoms with Crippen LogP contribution in [0, 0.1) is 0 Å². The molecule has 0 aliphatic carbocycles. The van der Waals surface area contributed by atoms with Crippen molar-refractivity contribution in [2.75, 3.05) is 7.11 Å². The van der Waals surface area contributed by atoms with Crippen molar-refractivity contribution >= 4 is 23.7 Å². The summed E-state index contributed by atoms with van der Waals surface area (Å²) in [4.78, 5) is 31.7. The fourth-order valence-corrected chi connectivity index (χ4v) is 2.43. The SMILES string of the molecule is COC(=O)c1cc(Cn2ccn(C)/c2=N/C(=O)OC(C)(C)C)cc(Cl)n1. The Kier molecular flexibility index (Phi) is 5.86. The van der Waals surface area contributed by atoms with E-state index >= 15 is 0 Å². The van der Waals surface area contributed by atoms with Crippen LogP contribution in [-0.4, -0.2) is 38.9 Å². The van der Waals surface area contributed by atoms with Crippen LogP contribution < -0.4 is 5.62 Å². The Morgan fingerprint density at radius 1 is 1.27 bits per heavy atom. The second-order valence-corrected chi connectivity index (χ2v) is 6.99. The third-order valence-electron chi connectivity index (χ3n) is 3.23. The van der Waals surface area contributed by atoms with E-state index in [1.165, 1.54) is 7.11 Å². The zero-order valence-electron chi connectivity index (χ0n) is 15.3. The van der Waals surface area contributed by atoms with Gasteiger partial charge in [0, 0.05) is 19.4 Å². The number of carbonyl (C=O) groups excluding carboxylic acids is 2. The second kappa shape index (κ2) is 7.74. The normalized spacial score (nSPS) is 12.2. The quantitative estimate of drug-likeness (QED) is 0.603. The first-order valence-corrected chi connectivity index (χ1v) is 8.21. The lowest BCUT2D eigenvalue weighted by Crippen LogP contribution is -2.29. The Balaban J connectivity index is 2.36. The first-order chi connectivity index (χ1) is 12.1. The molecule has 0 bridgehead atoms. The molecule has 2 heterocycles. The van der Waals surface area contributed by atoms with Gasteiger partial charge in [0.2, 0.25) is 5.62 Å². The number of hydrogen-bond donors (Lipinski definition) is 0. The molecule has 9 heteroatoms. The summed E-state index contributed by atoms with van der Waals surface area (Å²) in [5, 5.41) is 0.171. The summed E-state index contributed by atoms with van der Waals surface area (Å²) in [7, 11) is 3.04. The lowest BCUT2D eigenvalue weighted by molar-refractivity contribution is 0.0584. The zero-order valence-corrected chi connectivity index (χ0v) is 16.1. The van der Waals surface area contributed by atoms with Gasteiger partial charge in [-0.05, 0) is 38.5 Å². The lowest BCUT2D eigenvalue weighted by atomic mass is 10.2. The Hall–Kier alpha value is -2.61. The molecule has 0 N–H and O–H groups in total. The highest BCUT2D eigenvalue weighted by molar-refractivity contribution is 6.29. The van der Waals surface area contributed by atoms with Crippen molar-refractivity contribution in [1.82, 2.24) is 14.1 Å². The van der Waals surface area contributed by atoms with Crippen molar-refractivity contribution in [3.8, 4) is 0 Å². The second-order valence-electron chi connectivity index (χ2n) is 6.60. The molecule has 1 amide bonds. The van der Waals surface area contributed by atoms with Crippen molar-refractivity contribution in [3.63, 3.8) is 0 Å². The molecule has 0 saturated carbocycles. The van der Waals surface area contributed by atoms with Crippen molar-refractivity contribution in [3.05, 3.63) is 46.6 Å². The van der Waals surface area contributed by atoms with Gasteiger partial charge in [-0.2, -0.15) is 0 Å². The number of methoxy groups -OCH3 is 1. The number of rotatable bonds is 3. The van der Waals surface area contributed by atoms with Gasteiger partial charge in [0.05, 0.1) is 13.7 Å². The van der Waals surface area contributed by atoms with Gasteiger partial charge >= 0.3 is 12.1 Å². The number of hydrogen-bond acceptors (Lipinski definition) is 5. The highest BCUT2D eigenvalue weighted by atomic mass is 35.5. The van der Waals surface area contributed by atoms with Gasteiger partial charge in [-0.1, -0.05) is 11.6 Å². The van der Waals surface area contributed by atoms with Gasteiger partial charge in [0.15, 0.2) is 0 Å². The predicted molar refractivity (Wildman–Crippen MR) is 94.9 cm³/mol. The summed E-state index contributed by atoms with van der Waals surface area (Å²) in [6.45, 7) is 5.64. The first-order valence-electron chi connectivity index (χ1n) is 7.83. The minimum atomic E-state index is -0.684. The van der Waals surface area contributed by atoms with Gasteiger partial charge in [0.1, 0.15) is 16.4 Å². The number of aromatic nitrogens is 3. The number of aryl methyl sites for hydroxylation is 1. The van der Waals surface area contributed by atoms with Crippen LogP contribution in [-0.2, 0) is 23.1 Å². The van der Waals surface area contributed by atoms with Crippen LogP contribution in [0.2, 0.25) is 5.15 Å². The van der Waals surface area contributed by atoms with E-state index in [0.717, 1.165) is 0 Å². The average Bonchev–Trinajstić information content (AvgIpc) is 2.84. The van der Waals surface area contributed by atoms with E-state index in [0.29, 0.717) is 17.7 Å². The third kappa shape index (κ3) is 5.19. The maximum Gasteiger partial charge on any atom is 0.437 e. The maximum atomic E-state index is 12.0. The summed E-state index contributed by atoms with van der Waals surface area (Å²) < 4.78 is 13.3. The van der Waals surface area contributed by atoms with E-state index in [-0.39, 0.29) is 10.8 Å². The van der Waals surface area contributed by atoms with Crippen LogP contribution >= 0.6 is 11.6 Å². The molecule has 0 saturated heterocycles. The van der Waals surface area contributed by atoms with E-state index in [9.17, 15) is 9.59 Å². The fraction of sp³-hybridized carbons (Fsp3) is 0.412. The molecule has 0 aliphatic rings. The number of pyridine rings is 1. The number of imidazole rings is 1. The van der Waals surface area contributed by atoms with Crippen molar-refractivity contribution in [1.29, 1.82) is 0 Å². The van der Waals surface area contributed by atoms with E-state index < -0.39 is 17.7 Å². The van der Waals surface area contributed by atoms with Crippen LogP contribution in [0.3, 0.4) is 0 Å². The summed E-state index contributed by atoms with van der Waals surface area (Å²) in [6, 6.07) is 3.21. The number of esters is 1. The first kappa shape index (κ1) is 19.7. The Bertz CT molecular complexity index is 893. The molecule has 0 spiro atoms. The summed E-state index contributed by atoms with van der Waals surface area (Å²) >= 11 is 5.99. The topological polar surface area (TPSA) is 87.7 Å². The Labute approximate surface area is 156 Å². The molecule has 0 fully saturated rings. The highest BCUT2D eigenvalue weighted by Gasteiger charge is 2.16. The van der Waals surface area contributed by atoms with Crippen LogP contribution in [0.25, 0.3) is 0 Å². The smallest absolute Gasteiger partial charge is 0.437 e. The van der Waals surface area contributed by atoms with E-state index in [4.69, 9.17) is 16.3 Å². The number of ether oxygens (including phenoxy) is 2. The van der Waals surface area contributed by atoms with Crippen LogP contribution in [0.5, 0.6) is 0 Å². The average molecular weight is 381 g/mol. The molecule has 0 aromatic carbocycles. The number of carbonyl (C=O) groups is 2. The number of halogens is 1. The Morgan fingerprint density at radius 2 is 1.96 bits per heavy atom. The zero-order chi connectivity index (χ0) is 19.5. The molecule has 2 aromatic heterocycles. The molecule has 2 rings (SSSR count). The van der Waals surface area contributed by atoms with E-state index in [2.05, 4.69) is 14.7 Å². The minimum Gasteiger partial charge on any atom is -0.464 e. The van der Waals surface area contributed by atoms with Gasteiger partial charge in [-0.25, -0.2) is 14.6 Å². The molecule has 2 aromatic rings. The van der Waals surface area contributed by atoms with Crippen LogP contribution in [0.1, 0.15) is 36.8 Å². The molecule has 26 heavy (non-hydrogen) atoms. The predicted octanol–water partition coefficient (Wildman–Crippen LogP) is 2.55. The molecular weight excluding hydrogens is 360 g/mol. The summed E-state index contributed by atoms with van der Waals surface area (Å²) in [6.07, 6.45) is 2.83. The molecule has 0 atom stereocenters. The molecule has 8 nitrogen and oxygen atoms in total. The minimum absolute atomic E-state index is 0.108. The van der Waals surface area contributed by atoms with Gasteiger partial charge < -0.3 is 18.6 Å². The van der Waals surface area contributed by atoms with Crippen molar-refractivity contribution in [2.45, 2.75) is 32.9 Å². The maximum absolute atomic E-state index is 12.0. The standard InChI is InChI=1S/C17H21ClN4O4/c1-17(2,3)26-16(24)20-15-21(4)6-7-22(15)10-11-8-12(14(23)25-5)19-13(18)9-11/h6-9H,10H2,1-5H3/b20-15-. The summed E-state index contributed by atoms with van der Waals surface area (Å²) in [5.41, 5.74) is 0.580. The highest BCUT2D eigenvalue weighted by Crippen LogP contribution is 2.13. The molecule has 0 aliphatic heterocycles. The van der Waals surface area contributed by atoms with Gasteiger partial charge in [-0.15, -0.1) is 4.99 Å². The fourth-order valence-electron chi connectivity index (χ4n) is 2.20. The summed E-state index contributed by atoms with van der Waals surface area (Å²) in [5.74, 6) is -0.578. The van der Waals surface area contributed by atoms with Crippen LogP contribution in [0.15, 0.2) is 29.5 Å². The molecular formula is C17H21ClN4O4. The Morgan fingerprint density at radius 3 is 2.58 bits per heavy atom. The lowest BCUT2D eigenvalue weighted by Gasteiger charge is -2.17. The number of nitrogens with zero attached hydrogens (tertiary/aromatic N) is 4. The monoisotopic (exact) mass is 380 g/mol. The van der Waals surface area contributed by atoms with Crippen molar-refractivity contribution in [2.24, 2.45) is 12.0 Å². The largest absolute Gasteiger partial charge is 0.464 e. The molecule has 0 radical (unpaired) electrons. The van der Waals surface area contributed by atoms with Gasteiger partial charge in [0.25, 0.3) is 0 Å². The van der Waals surface area contributed by atoms with Gasteiger partial charge in [-0.3, -0.25) is 0 Å². The molecule has 0 unspecified atom stereocenters. The van der Waals surface area contributed by atoms with Crippen molar-refractivity contribution < 1.29 is 19.1 Å². The number of amides is 1. The van der Waals surface area contributed by atoms with E-state index in [1.807, 2.05) is 0 Å². The van der Waals surface area contributed by atoms with Crippen LogP contribution in [0.4, 0.5) is 4.79 Å². The van der Waals surface area contributed by atoms with E-state index in [1.54, 1.807) is 61.5 Å². The third-order valence-corrected chi connectivity index (χ3v) is 3.42. The molecule has 140 valence electrons.